The van der Waals surface area contributed by atoms with Gasteiger partial charge in [-0.15, -0.1) is 0 Å². The molecule has 33 heavy (non-hydrogen) atoms. The fourth-order valence-electron chi connectivity index (χ4n) is 5.36. The maximum Gasteiger partial charge on any atom is 0.315 e. The van der Waals surface area contributed by atoms with Crippen molar-refractivity contribution in [1.82, 2.24) is 4.90 Å². The largest absolute Gasteiger partial charge is 0.504 e. The molecule has 3 aliphatic heterocycles. The topological polar surface area (TPSA) is 86.7 Å². The molecule has 2 aromatic rings. The number of methoxy groups -OCH3 is 1. The molecular weight excluding hydrogens is 426 g/mol. The predicted molar refractivity (Wildman–Crippen MR) is 119 cm³/mol. The number of para-hydroxylation sites is 1. The van der Waals surface area contributed by atoms with E-state index < -0.39 is 17.6 Å². The number of phenolic OH excluding ortho intramolecular Hbond substituents is 1. The molecule has 3 atom stereocenters. The van der Waals surface area contributed by atoms with Crippen LogP contribution < -0.4 is 18.9 Å². The van der Waals surface area contributed by atoms with Gasteiger partial charge < -0.3 is 28.8 Å². The van der Waals surface area contributed by atoms with Gasteiger partial charge in [0, 0.05) is 36.2 Å². The molecule has 1 fully saturated rings. The van der Waals surface area contributed by atoms with Crippen LogP contribution >= 0.6 is 0 Å². The predicted octanol–water partition coefficient (Wildman–Crippen LogP) is 3.65. The highest BCUT2D eigenvalue weighted by Crippen LogP contribution is 2.55. The Hall–Kier alpha value is -3.13. The smallest absolute Gasteiger partial charge is 0.315 e. The number of ether oxygens (including phenoxy) is 5. The summed E-state index contributed by atoms with van der Waals surface area (Å²) in [6.45, 7) is 5.72. The zero-order valence-corrected chi connectivity index (χ0v) is 19.1. The minimum absolute atomic E-state index is 0.00594. The second-order valence-electron chi connectivity index (χ2n) is 8.70. The van der Waals surface area contributed by atoms with Crippen LogP contribution in [-0.4, -0.2) is 55.3 Å². The summed E-state index contributed by atoms with van der Waals surface area (Å²) in [6, 6.07) is 8.98. The van der Waals surface area contributed by atoms with Crippen molar-refractivity contribution in [2.75, 3.05) is 33.6 Å². The second kappa shape index (κ2) is 8.33. The number of hydrogen-bond donors (Lipinski definition) is 1. The molecule has 0 radical (unpaired) electrons. The minimum atomic E-state index is -0.983. The number of fused-ring (bicyclic) bond motifs is 2. The Kier molecular flexibility index (Phi) is 5.48. The summed E-state index contributed by atoms with van der Waals surface area (Å²) in [5.74, 6) is 0.450. The number of carbonyl (C=O) groups excluding carboxylic acids is 1. The Labute approximate surface area is 192 Å². The van der Waals surface area contributed by atoms with E-state index in [9.17, 15) is 9.90 Å². The van der Waals surface area contributed by atoms with E-state index in [0.717, 1.165) is 31.5 Å². The average Bonchev–Trinajstić information content (AvgIpc) is 3.49. The quantitative estimate of drug-likeness (QED) is 0.684. The number of hydrogen-bond acceptors (Lipinski definition) is 8. The minimum Gasteiger partial charge on any atom is -0.504 e. The zero-order chi connectivity index (χ0) is 23.2. The van der Waals surface area contributed by atoms with Crippen molar-refractivity contribution >= 4 is 5.97 Å². The highest BCUT2D eigenvalue weighted by Gasteiger charge is 2.56. The summed E-state index contributed by atoms with van der Waals surface area (Å²) < 4.78 is 28.8. The Bertz CT molecular complexity index is 1060. The van der Waals surface area contributed by atoms with Crippen LogP contribution in [-0.2, 0) is 9.53 Å². The first-order chi connectivity index (χ1) is 16.0. The Morgan fingerprint density at radius 3 is 2.58 bits per heavy atom. The molecule has 1 saturated heterocycles. The van der Waals surface area contributed by atoms with Gasteiger partial charge in [0.15, 0.2) is 28.7 Å². The number of nitrogens with zero attached hydrogens (tertiary/aromatic N) is 1. The van der Waals surface area contributed by atoms with Gasteiger partial charge in [-0.1, -0.05) is 12.1 Å². The van der Waals surface area contributed by atoms with Crippen LogP contribution in [0.1, 0.15) is 43.7 Å². The molecule has 3 aliphatic rings. The lowest BCUT2D eigenvalue weighted by Crippen LogP contribution is -2.61. The van der Waals surface area contributed by atoms with Gasteiger partial charge in [-0.25, -0.2) is 0 Å². The number of esters is 1. The summed E-state index contributed by atoms with van der Waals surface area (Å²) in [5.41, 5.74) is 0.322. The molecule has 0 bridgehead atoms. The van der Waals surface area contributed by atoms with Crippen LogP contribution in [0.4, 0.5) is 0 Å². The molecule has 0 aromatic heterocycles. The third kappa shape index (κ3) is 3.44. The van der Waals surface area contributed by atoms with Crippen LogP contribution in [0.15, 0.2) is 30.3 Å². The molecule has 3 heterocycles. The standard InChI is InChI=1S/C25H29NO7/c1-4-30-24(28)22-21(15-8-7-9-17(29-3)23(15)27)16-12-19-20(32-14-31-19)13-18(16)33-25(22,2)26-10-5-6-11-26/h7-9,12-13,21-22,27H,4-6,10-11,14H2,1-3H3/t21-,22+,25+/m1/s1. The van der Waals surface area contributed by atoms with E-state index in [1.165, 1.54) is 7.11 Å². The van der Waals surface area contributed by atoms with Crippen molar-refractivity contribution in [3.63, 3.8) is 0 Å². The lowest BCUT2D eigenvalue weighted by Gasteiger charge is -2.49. The summed E-state index contributed by atoms with van der Waals surface area (Å²) in [7, 11) is 1.51. The summed E-state index contributed by atoms with van der Waals surface area (Å²) in [5, 5.41) is 11.1. The van der Waals surface area contributed by atoms with Crippen LogP contribution in [0.2, 0.25) is 0 Å². The molecule has 176 valence electrons. The fraction of sp³-hybridized carbons (Fsp3) is 0.480. The van der Waals surface area contributed by atoms with Crippen LogP contribution in [0.3, 0.4) is 0 Å². The van der Waals surface area contributed by atoms with Crippen LogP contribution in [0.25, 0.3) is 0 Å². The maximum absolute atomic E-state index is 13.6. The van der Waals surface area contributed by atoms with E-state index in [1.807, 2.05) is 31.2 Å². The van der Waals surface area contributed by atoms with Crippen molar-refractivity contribution < 1.29 is 33.6 Å². The first-order valence-electron chi connectivity index (χ1n) is 11.4. The van der Waals surface area contributed by atoms with E-state index in [4.69, 9.17) is 23.7 Å². The Morgan fingerprint density at radius 2 is 1.88 bits per heavy atom. The number of likely N-dealkylation sites (tertiary alicyclic amines) is 1. The van der Waals surface area contributed by atoms with Gasteiger partial charge in [0.2, 0.25) is 6.79 Å². The van der Waals surface area contributed by atoms with Gasteiger partial charge in [-0.2, -0.15) is 0 Å². The number of benzene rings is 2. The Balaban J connectivity index is 1.76. The van der Waals surface area contributed by atoms with Crippen molar-refractivity contribution in [2.24, 2.45) is 5.92 Å². The van der Waals surface area contributed by atoms with Crippen molar-refractivity contribution in [2.45, 2.75) is 38.3 Å². The van der Waals surface area contributed by atoms with Gasteiger partial charge in [0.1, 0.15) is 11.7 Å². The highest BCUT2D eigenvalue weighted by molar-refractivity contribution is 5.78. The average molecular weight is 456 g/mol. The lowest BCUT2D eigenvalue weighted by atomic mass is 9.72. The van der Waals surface area contributed by atoms with Crippen molar-refractivity contribution in [3.8, 4) is 28.7 Å². The molecule has 2 aromatic carbocycles. The fourth-order valence-corrected chi connectivity index (χ4v) is 5.36. The zero-order valence-electron chi connectivity index (χ0n) is 19.1. The van der Waals surface area contributed by atoms with E-state index in [2.05, 4.69) is 4.90 Å². The second-order valence-corrected chi connectivity index (χ2v) is 8.70. The monoisotopic (exact) mass is 455 g/mol. The third-order valence-electron chi connectivity index (χ3n) is 6.93. The first kappa shape index (κ1) is 21.7. The van der Waals surface area contributed by atoms with Crippen molar-refractivity contribution in [3.05, 3.63) is 41.5 Å². The Morgan fingerprint density at radius 1 is 1.15 bits per heavy atom. The SMILES string of the molecule is CCOC(=O)[C@@H]1[C@H](c2cccc(OC)c2O)c2cc3c(cc2O[C@]1(C)N1CCCC1)OCO3. The van der Waals surface area contributed by atoms with E-state index in [0.29, 0.717) is 28.6 Å². The number of aromatic hydroxyl groups is 1. The number of phenols is 1. The molecule has 8 heteroatoms. The van der Waals surface area contributed by atoms with Crippen molar-refractivity contribution in [1.29, 1.82) is 0 Å². The number of carbonyl (C=O) groups is 1. The highest BCUT2D eigenvalue weighted by atomic mass is 16.7. The first-order valence-corrected chi connectivity index (χ1v) is 11.4. The van der Waals surface area contributed by atoms with Crippen LogP contribution in [0.5, 0.6) is 28.7 Å². The van der Waals surface area contributed by atoms with Gasteiger partial charge in [0.25, 0.3) is 0 Å². The van der Waals surface area contributed by atoms with Gasteiger partial charge in [-0.05, 0) is 38.8 Å². The molecule has 0 spiro atoms. The molecule has 0 unspecified atom stereocenters. The maximum atomic E-state index is 13.6. The summed E-state index contributed by atoms with van der Waals surface area (Å²) >= 11 is 0. The van der Waals surface area contributed by atoms with E-state index in [-0.39, 0.29) is 25.1 Å². The normalized spacial score (nSPS) is 25.9. The van der Waals surface area contributed by atoms with Gasteiger partial charge >= 0.3 is 5.97 Å². The molecule has 0 saturated carbocycles. The molecule has 0 aliphatic carbocycles. The molecular formula is C25H29NO7. The van der Waals surface area contributed by atoms with Gasteiger partial charge in [0.05, 0.1) is 13.7 Å². The number of rotatable bonds is 5. The van der Waals surface area contributed by atoms with Crippen LogP contribution in [0, 0.1) is 5.92 Å². The lowest BCUT2D eigenvalue weighted by molar-refractivity contribution is -0.174. The molecule has 8 nitrogen and oxygen atoms in total. The third-order valence-corrected chi connectivity index (χ3v) is 6.93. The molecule has 0 amide bonds. The summed E-state index contributed by atoms with van der Waals surface area (Å²) in [4.78, 5) is 15.8. The van der Waals surface area contributed by atoms with Gasteiger partial charge in [-0.3, -0.25) is 9.69 Å². The summed E-state index contributed by atoms with van der Waals surface area (Å²) in [6.07, 6.45) is 2.05. The molecule has 1 N–H and O–H groups in total. The van der Waals surface area contributed by atoms with E-state index >= 15 is 0 Å². The van der Waals surface area contributed by atoms with E-state index in [1.54, 1.807) is 13.0 Å². The molecule has 5 rings (SSSR count).